The van der Waals surface area contributed by atoms with E-state index in [1.165, 1.54) is 0 Å². The molecular weight excluding hydrogens is 254 g/mol. The summed E-state index contributed by atoms with van der Waals surface area (Å²) >= 11 is 0. The summed E-state index contributed by atoms with van der Waals surface area (Å²) in [6.07, 6.45) is 1.98. The number of rotatable bonds is 7. The lowest BCUT2D eigenvalue weighted by molar-refractivity contribution is -0.121. The van der Waals surface area contributed by atoms with Crippen molar-refractivity contribution in [2.45, 2.75) is 26.7 Å². The van der Waals surface area contributed by atoms with Gasteiger partial charge in [0, 0.05) is 5.69 Å². The lowest BCUT2D eigenvalue weighted by atomic mass is 10.3. The molecule has 2 N–H and O–H groups in total. The Bertz CT molecular complexity index is 414. The van der Waals surface area contributed by atoms with Crippen molar-refractivity contribution in [3.8, 4) is 0 Å². The number of benzene rings is 1. The van der Waals surface area contributed by atoms with E-state index in [0.717, 1.165) is 25.9 Å². The largest absolute Gasteiger partial charge is 0.325 e. The van der Waals surface area contributed by atoms with Gasteiger partial charge in [-0.15, -0.1) is 0 Å². The number of nitrogens with one attached hydrogen (secondary N) is 2. The van der Waals surface area contributed by atoms with Crippen LogP contribution in [0.4, 0.5) is 10.5 Å². The Morgan fingerprint density at radius 2 is 1.65 bits per heavy atom. The summed E-state index contributed by atoms with van der Waals surface area (Å²) in [4.78, 5) is 25.5. The molecule has 0 aliphatic rings. The van der Waals surface area contributed by atoms with Gasteiger partial charge in [-0.2, -0.15) is 0 Å². The lowest BCUT2D eigenvalue weighted by Crippen LogP contribution is -2.42. The number of hydrogen-bond acceptors (Lipinski definition) is 3. The predicted molar refractivity (Wildman–Crippen MR) is 80.6 cm³/mol. The third-order valence-corrected chi connectivity index (χ3v) is 2.73. The second-order valence-electron chi connectivity index (χ2n) is 4.64. The van der Waals surface area contributed by atoms with Crippen LogP contribution in [0.25, 0.3) is 0 Å². The van der Waals surface area contributed by atoms with E-state index in [2.05, 4.69) is 24.5 Å². The van der Waals surface area contributed by atoms with E-state index in [4.69, 9.17) is 0 Å². The van der Waals surface area contributed by atoms with Gasteiger partial charge in [0.1, 0.15) is 0 Å². The zero-order valence-electron chi connectivity index (χ0n) is 12.2. The molecule has 20 heavy (non-hydrogen) atoms. The molecule has 5 heteroatoms. The lowest BCUT2D eigenvalue weighted by Gasteiger charge is -2.19. The number of amides is 3. The van der Waals surface area contributed by atoms with Crippen LogP contribution in [0.5, 0.6) is 0 Å². The van der Waals surface area contributed by atoms with Gasteiger partial charge in [-0.3, -0.25) is 15.0 Å². The van der Waals surface area contributed by atoms with E-state index >= 15 is 0 Å². The number of nitrogens with zero attached hydrogens (tertiary/aromatic N) is 1. The molecule has 0 atom stereocenters. The molecule has 1 rings (SSSR count). The third-order valence-electron chi connectivity index (χ3n) is 2.73. The first kappa shape index (κ1) is 16.2. The fraction of sp³-hybridized carbons (Fsp3) is 0.467. The summed E-state index contributed by atoms with van der Waals surface area (Å²) in [7, 11) is 0. The van der Waals surface area contributed by atoms with Crippen molar-refractivity contribution in [1.82, 2.24) is 10.2 Å². The minimum Gasteiger partial charge on any atom is -0.308 e. The number of para-hydroxylation sites is 1. The highest BCUT2D eigenvalue weighted by atomic mass is 16.2. The molecule has 0 radical (unpaired) electrons. The summed E-state index contributed by atoms with van der Waals surface area (Å²) < 4.78 is 0. The molecule has 1 aromatic carbocycles. The van der Waals surface area contributed by atoms with Gasteiger partial charge in [0.25, 0.3) is 0 Å². The molecule has 0 aromatic heterocycles. The first-order valence-electron chi connectivity index (χ1n) is 7.04. The van der Waals surface area contributed by atoms with E-state index in [0.29, 0.717) is 5.69 Å². The first-order chi connectivity index (χ1) is 9.65. The molecule has 0 aliphatic carbocycles. The van der Waals surface area contributed by atoms with Gasteiger partial charge < -0.3 is 5.32 Å². The molecule has 0 saturated carbocycles. The fourth-order valence-electron chi connectivity index (χ4n) is 1.96. The van der Waals surface area contributed by atoms with E-state index in [9.17, 15) is 9.59 Å². The maximum absolute atomic E-state index is 11.8. The monoisotopic (exact) mass is 277 g/mol. The van der Waals surface area contributed by atoms with Crippen LogP contribution in [0.3, 0.4) is 0 Å². The second-order valence-corrected chi connectivity index (χ2v) is 4.64. The molecule has 0 spiro atoms. The normalized spacial score (nSPS) is 10.3. The van der Waals surface area contributed by atoms with E-state index < -0.39 is 6.03 Å². The zero-order valence-corrected chi connectivity index (χ0v) is 12.2. The Balaban J connectivity index is 2.39. The Morgan fingerprint density at radius 3 is 2.20 bits per heavy atom. The number of carbonyl (C=O) groups excluding carboxylic acids is 2. The van der Waals surface area contributed by atoms with Crippen molar-refractivity contribution in [1.29, 1.82) is 0 Å². The van der Waals surface area contributed by atoms with Crippen molar-refractivity contribution in [2.75, 3.05) is 25.0 Å². The SMILES string of the molecule is CCCN(CCC)CC(=O)NC(=O)Nc1ccccc1. The molecule has 0 fully saturated rings. The highest BCUT2D eigenvalue weighted by molar-refractivity contribution is 6.01. The van der Waals surface area contributed by atoms with E-state index in [-0.39, 0.29) is 12.5 Å². The van der Waals surface area contributed by atoms with Gasteiger partial charge in [0.2, 0.25) is 5.91 Å². The van der Waals surface area contributed by atoms with Gasteiger partial charge in [-0.05, 0) is 38.1 Å². The van der Waals surface area contributed by atoms with Crippen molar-refractivity contribution in [3.63, 3.8) is 0 Å². The Morgan fingerprint density at radius 1 is 1.05 bits per heavy atom. The number of imide groups is 1. The number of carbonyl (C=O) groups is 2. The molecule has 0 aliphatic heterocycles. The average molecular weight is 277 g/mol. The van der Waals surface area contributed by atoms with Crippen LogP contribution in [-0.2, 0) is 4.79 Å². The number of hydrogen-bond donors (Lipinski definition) is 2. The van der Waals surface area contributed by atoms with Crippen LogP contribution in [-0.4, -0.2) is 36.5 Å². The predicted octanol–water partition coefficient (Wildman–Crippen LogP) is 2.46. The summed E-state index contributed by atoms with van der Waals surface area (Å²) in [6.45, 7) is 6.12. The molecule has 0 unspecified atom stereocenters. The average Bonchev–Trinajstić information content (AvgIpc) is 2.40. The van der Waals surface area contributed by atoms with Crippen LogP contribution in [0, 0.1) is 0 Å². The first-order valence-corrected chi connectivity index (χ1v) is 7.04. The molecule has 0 heterocycles. The Labute approximate surface area is 120 Å². The van der Waals surface area contributed by atoms with Crippen molar-refractivity contribution in [2.24, 2.45) is 0 Å². The maximum Gasteiger partial charge on any atom is 0.325 e. The Kier molecular flexibility index (Phi) is 7.35. The minimum absolute atomic E-state index is 0.254. The molecule has 0 bridgehead atoms. The van der Waals surface area contributed by atoms with Gasteiger partial charge in [-0.1, -0.05) is 32.0 Å². The molecule has 0 saturated heterocycles. The maximum atomic E-state index is 11.8. The van der Waals surface area contributed by atoms with Crippen molar-refractivity contribution < 1.29 is 9.59 Å². The van der Waals surface area contributed by atoms with Gasteiger partial charge >= 0.3 is 6.03 Å². The van der Waals surface area contributed by atoms with Crippen LogP contribution in [0.1, 0.15) is 26.7 Å². The van der Waals surface area contributed by atoms with E-state index in [1.54, 1.807) is 12.1 Å². The van der Waals surface area contributed by atoms with Gasteiger partial charge in [0.15, 0.2) is 0 Å². The minimum atomic E-state index is -0.492. The third kappa shape index (κ3) is 6.33. The summed E-state index contributed by atoms with van der Waals surface area (Å²) in [6, 6.07) is 8.55. The fourth-order valence-corrected chi connectivity index (χ4v) is 1.96. The molecule has 5 nitrogen and oxygen atoms in total. The summed E-state index contributed by atoms with van der Waals surface area (Å²) in [5.41, 5.74) is 0.664. The van der Waals surface area contributed by atoms with Crippen molar-refractivity contribution in [3.05, 3.63) is 30.3 Å². The zero-order chi connectivity index (χ0) is 14.8. The van der Waals surface area contributed by atoms with Crippen LogP contribution >= 0.6 is 0 Å². The quantitative estimate of drug-likeness (QED) is 0.804. The smallest absolute Gasteiger partial charge is 0.308 e. The summed E-state index contributed by atoms with van der Waals surface area (Å²) in [5.74, 6) is -0.277. The second kappa shape index (κ2) is 9.09. The van der Waals surface area contributed by atoms with Crippen LogP contribution in [0.2, 0.25) is 0 Å². The topological polar surface area (TPSA) is 61.4 Å². The highest BCUT2D eigenvalue weighted by Crippen LogP contribution is 2.04. The van der Waals surface area contributed by atoms with Gasteiger partial charge in [-0.25, -0.2) is 4.79 Å². The van der Waals surface area contributed by atoms with E-state index in [1.807, 2.05) is 23.1 Å². The number of anilines is 1. The number of urea groups is 1. The van der Waals surface area contributed by atoms with Crippen LogP contribution < -0.4 is 10.6 Å². The Hall–Kier alpha value is -1.88. The van der Waals surface area contributed by atoms with Gasteiger partial charge in [0.05, 0.1) is 6.54 Å². The molecule has 3 amide bonds. The molecule has 110 valence electrons. The van der Waals surface area contributed by atoms with Crippen LogP contribution in [0.15, 0.2) is 30.3 Å². The van der Waals surface area contributed by atoms with Crippen molar-refractivity contribution >= 4 is 17.6 Å². The summed E-state index contributed by atoms with van der Waals surface area (Å²) in [5, 5.41) is 4.97. The molecule has 1 aromatic rings. The standard InChI is InChI=1S/C15H23N3O2/c1-3-10-18(11-4-2)12-14(19)17-15(20)16-13-8-6-5-7-9-13/h5-9H,3-4,10-12H2,1-2H3,(H2,16,17,19,20). The highest BCUT2D eigenvalue weighted by Gasteiger charge is 2.12. The molecular formula is C15H23N3O2.